The number of nitrogens with one attached hydrogen (secondary N) is 1. The average Bonchev–Trinajstić information content (AvgIpc) is 2.66. The summed E-state index contributed by atoms with van der Waals surface area (Å²) >= 11 is 1.33. The number of rotatable bonds is 7. The molecular formula is C20H20N2O3S. The van der Waals surface area contributed by atoms with Crippen molar-refractivity contribution < 1.29 is 14.3 Å². The molecule has 0 unspecified atom stereocenters. The molecular weight excluding hydrogens is 348 g/mol. The third-order valence-corrected chi connectivity index (χ3v) is 4.73. The van der Waals surface area contributed by atoms with Crippen LogP contribution in [0, 0.1) is 11.3 Å². The molecule has 0 heterocycles. The first kappa shape index (κ1) is 19.5. The number of esters is 1. The molecule has 0 aliphatic rings. The number of thioether (sulfide) groups is 1. The molecule has 0 aliphatic carbocycles. The lowest BCUT2D eigenvalue weighted by Crippen LogP contribution is -2.33. The number of ether oxygens (including phenoxy) is 1. The highest BCUT2D eigenvalue weighted by atomic mass is 32.2. The van der Waals surface area contributed by atoms with Crippen molar-refractivity contribution in [2.24, 2.45) is 0 Å². The van der Waals surface area contributed by atoms with Crippen LogP contribution in [0.15, 0.2) is 59.5 Å². The first-order valence-corrected chi connectivity index (χ1v) is 9.05. The van der Waals surface area contributed by atoms with Gasteiger partial charge in [-0.15, -0.1) is 11.8 Å². The summed E-state index contributed by atoms with van der Waals surface area (Å²) in [6.07, 6.45) is 0. The van der Waals surface area contributed by atoms with Crippen LogP contribution in [0.4, 0.5) is 5.69 Å². The summed E-state index contributed by atoms with van der Waals surface area (Å²) in [5.41, 5.74) is 0.571. The summed E-state index contributed by atoms with van der Waals surface area (Å²) < 4.78 is 5.21. The van der Waals surface area contributed by atoms with Gasteiger partial charge in [-0.05, 0) is 31.5 Å². The van der Waals surface area contributed by atoms with Gasteiger partial charge in [0.25, 0.3) is 5.91 Å². The van der Waals surface area contributed by atoms with E-state index in [9.17, 15) is 9.59 Å². The van der Waals surface area contributed by atoms with Gasteiger partial charge in [-0.3, -0.25) is 9.59 Å². The summed E-state index contributed by atoms with van der Waals surface area (Å²) in [4.78, 5) is 25.3. The number of anilines is 1. The van der Waals surface area contributed by atoms with Gasteiger partial charge >= 0.3 is 5.97 Å². The smallest absolute Gasteiger partial charge is 0.316 e. The first-order chi connectivity index (χ1) is 12.4. The van der Waals surface area contributed by atoms with Crippen LogP contribution in [0.1, 0.15) is 19.4 Å². The molecule has 0 fully saturated rings. The minimum Gasteiger partial charge on any atom is -0.455 e. The average molecular weight is 368 g/mol. The number of carbonyl (C=O) groups excluding carboxylic acids is 2. The molecule has 0 saturated carbocycles. The molecule has 0 spiro atoms. The molecule has 0 bridgehead atoms. The Morgan fingerprint density at radius 1 is 1.12 bits per heavy atom. The monoisotopic (exact) mass is 368 g/mol. The molecule has 26 heavy (non-hydrogen) atoms. The molecule has 6 heteroatoms. The van der Waals surface area contributed by atoms with Crippen molar-refractivity contribution in [2.75, 3.05) is 17.7 Å². The van der Waals surface area contributed by atoms with E-state index in [-0.39, 0.29) is 12.4 Å². The number of carbonyl (C=O) groups is 2. The van der Waals surface area contributed by atoms with Gasteiger partial charge in [0, 0.05) is 4.90 Å². The second kappa shape index (κ2) is 9.07. The van der Waals surface area contributed by atoms with Gasteiger partial charge in [0.15, 0.2) is 6.61 Å². The highest BCUT2D eigenvalue weighted by molar-refractivity contribution is 7.99. The third-order valence-electron chi connectivity index (χ3n) is 3.79. The zero-order chi connectivity index (χ0) is 19.0. The van der Waals surface area contributed by atoms with E-state index >= 15 is 0 Å². The van der Waals surface area contributed by atoms with Crippen LogP contribution < -0.4 is 5.32 Å². The van der Waals surface area contributed by atoms with E-state index in [4.69, 9.17) is 10.00 Å². The Balaban J connectivity index is 1.95. The molecule has 2 rings (SSSR count). The zero-order valence-electron chi connectivity index (χ0n) is 14.7. The van der Waals surface area contributed by atoms with Crippen LogP contribution in [-0.4, -0.2) is 24.2 Å². The number of nitrogens with zero attached hydrogens (tertiary/aromatic N) is 1. The molecule has 1 N–H and O–H groups in total. The van der Waals surface area contributed by atoms with Crippen LogP contribution in [0.3, 0.4) is 0 Å². The number of para-hydroxylation sites is 1. The van der Waals surface area contributed by atoms with E-state index in [1.165, 1.54) is 11.8 Å². The fourth-order valence-electron chi connectivity index (χ4n) is 2.28. The standard InChI is InChI=1S/C20H20N2O3S/c1-20(2,15-8-4-3-5-9-15)19(24)25-14-18(23)22-16-10-6-7-11-17(16)26-13-12-21/h3-11H,13-14H2,1-2H3,(H,22,23). The maximum absolute atomic E-state index is 12.4. The van der Waals surface area contributed by atoms with Gasteiger partial charge in [-0.2, -0.15) is 5.26 Å². The number of amides is 1. The quantitative estimate of drug-likeness (QED) is 0.594. The minimum atomic E-state index is -0.845. The lowest BCUT2D eigenvalue weighted by atomic mass is 9.85. The maximum Gasteiger partial charge on any atom is 0.316 e. The van der Waals surface area contributed by atoms with E-state index in [0.29, 0.717) is 5.69 Å². The van der Waals surface area contributed by atoms with Crippen molar-refractivity contribution in [1.82, 2.24) is 0 Å². The molecule has 2 aromatic carbocycles. The SMILES string of the molecule is CC(C)(C(=O)OCC(=O)Nc1ccccc1SCC#N)c1ccccc1. The maximum atomic E-state index is 12.4. The summed E-state index contributed by atoms with van der Waals surface area (Å²) in [6, 6.07) is 18.5. The summed E-state index contributed by atoms with van der Waals surface area (Å²) in [7, 11) is 0. The van der Waals surface area contributed by atoms with E-state index in [0.717, 1.165) is 10.5 Å². The fourth-order valence-corrected chi connectivity index (χ4v) is 2.95. The molecule has 0 radical (unpaired) electrons. The Morgan fingerprint density at radius 3 is 2.46 bits per heavy atom. The number of benzene rings is 2. The lowest BCUT2D eigenvalue weighted by Gasteiger charge is -2.23. The molecule has 1 amide bonds. The van der Waals surface area contributed by atoms with Gasteiger partial charge in [-0.1, -0.05) is 42.5 Å². The largest absolute Gasteiger partial charge is 0.455 e. The molecule has 134 valence electrons. The molecule has 0 atom stereocenters. The van der Waals surface area contributed by atoms with Crippen LogP contribution in [0.2, 0.25) is 0 Å². The first-order valence-electron chi connectivity index (χ1n) is 8.06. The van der Waals surface area contributed by atoms with Gasteiger partial charge in [0.2, 0.25) is 0 Å². The van der Waals surface area contributed by atoms with E-state index < -0.39 is 17.3 Å². The summed E-state index contributed by atoms with van der Waals surface area (Å²) in [6.45, 7) is 3.15. The van der Waals surface area contributed by atoms with Crippen molar-refractivity contribution in [2.45, 2.75) is 24.2 Å². The zero-order valence-corrected chi connectivity index (χ0v) is 15.5. The van der Waals surface area contributed by atoms with E-state index in [2.05, 4.69) is 5.32 Å². The van der Waals surface area contributed by atoms with Gasteiger partial charge in [0.05, 0.1) is 22.9 Å². The van der Waals surface area contributed by atoms with Crippen molar-refractivity contribution in [3.8, 4) is 6.07 Å². The second-order valence-electron chi connectivity index (χ2n) is 6.06. The normalized spacial score (nSPS) is 10.7. The Bertz CT molecular complexity index is 813. The number of hydrogen-bond acceptors (Lipinski definition) is 5. The van der Waals surface area contributed by atoms with Gasteiger partial charge in [-0.25, -0.2) is 0 Å². The van der Waals surface area contributed by atoms with Crippen molar-refractivity contribution in [1.29, 1.82) is 5.26 Å². The summed E-state index contributed by atoms with van der Waals surface area (Å²) in [5, 5.41) is 11.4. The molecule has 0 aliphatic heterocycles. The third kappa shape index (κ3) is 5.11. The lowest BCUT2D eigenvalue weighted by molar-refractivity contribution is -0.152. The van der Waals surface area contributed by atoms with Crippen molar-refractivity contribution >= 4 is 29.3 Å². The Labute approximate surface area is 157 Å². The van der Waals surface area contributed by atoms with Crippen LogP contribution in [-0.2, 0) is 19.7 Å². The molecule has 2 aromatic rings. The van der Waals surface area contributed by atoms with Gasteiger partial charge < -0.3 is 10.1 Å². The van der Waals surface area contributed by atoms with E-state index in [1.54, 1.807) is 26.0 Å². The molecule has 0 saturated heterocycles. The summed E-state index contributed by atoms with van der Waals surface area (Å²) in [5.74, 6) is -0.606. The van der Waals surface area contributed by atoms with Crippen LogP contribution in [0.25, 0.3) is 0 Å². The fraction of sp³-hybridized carbons (Fsp3) is 0.250. The van der Waals surface area contributed by atoms with Gasteiger partial charge in [0.1, 0.15) is 0 Å². The topological polar surface area (TPSA) is 79.2 Å². The highest BCUT2D eigenvalue weighted by Gasteiger charge is 2.31. The van der Waals surface area contributed by atoms with Crippen LogP contribution in [0.5, 0.6) is 0 Å². The van der Waals surface area contributed by atoms with Crippen molar-refractivity contribution in [3.05, 3.63) is 60.2 Å². The predicted molar refractivity (Wildman–Crippen MR) is 102 cm³/mol. The highest BCUT2D eigenvalue weighted by Crippen LogP contribution is 2.27. The number of hydrogen-bond donors (Lipinski definition) is 1. The Hall–Kier alpha value is -2.78. The Morgan fingerprint density at radius 2 is 1.77 bits per heavy atom. The van der Waals surface area contributed by atoms with E-state index in [1.807, 2.05) is 48.5 Å². The Kier molecular flexibility index (Phi) is 6.81. The second-order valence-corrected chi connectivity index (χ2v) is 7.08. The predicted octanol–water partition coefficient (Wildman–Crippen LogP) is 3.76. The minimum absolute atomic E-state index is 0.285. The molecule has 5 nitrogen and oxygen atoms in total. The number of nitriles is 1. The van der Waals surface area contributed by atoms with Crippen LogP contribution >= 0.6 is 11.8 Å². The molecule has 0 aromatic heterocycles. The van der Waals surface area contributed by atoms with Crippen molar-refractivity contribution in [3.63, 3.8) is 0 Å².